The quantitative estimate of drug-likeness (QED) is 0.328. The molecule has 9 heteroatoms. The second-order valence-electron chi connectivity index (χ2n) is 10.4. The number of hydrogen-bond donors (Lipinski definition) is 3. The fourth-order valence-electron chi connectivity index (χ4n) is 5.31. The molecule has 1 aromatic heterocycles. The Morgan fingerprint density at radius 1 is 1.10 bits per heavy atom. The van der Waals surface area contributed by atoms with Crippen LogP contribution in [0.3, 0.4) is 0 Å². The zero-order valence-electron chi connectivity index (χ0n) is 22.6. The van der Waals surface area contributed by atoms with Crippen molar-refractivity contribution < 1.29 is 23.1 Å². The predicted octanol–water partition coefficient (Wildman–Crippen LogP) is 4.61. The minimum absolute atomic E-state index is 0.0831. The molecule has 0 aliphatic heterocycles. The highest BCUT2D eigenvalue weighted by Crippen LogP contribution is 2.38. The minimum atomic E-state index is -1.01. The van der Waals surface area contributed by atoms with E-state index in [-0.39, 0.29) is 18.9 Å². The maximum Gasteiger partial charge on any atom is 0.217 e. The molecule has 1 saturated carbocycles. The molecule has 1 heterocycles. The van der Waals surface area contributed by atoms with Gasteiger partial charge in [-0.1, -0.05) is 18.2 Å². The largest absolute Gasteiger partial charge is 0.472 e. The van der Waals surface area contributed by atoms with E-state index in [1.807, 2.05) is 37.3 Å². The van der Waals surface area contributed by atoms with Crippen LogP contribution >= 0.6 is 0 Å². The highest BCUT2D eigenvalue weighted by atomic mass is 19.1. The van der Waals surface area contributed by atoms with Gasteiger partial charge in [0.25, 0.3) is 0 Å². The second-order valence-corrected chi connectivity index (χ2v) is 10.4. The number of amides is 1. The van der Waals surface area contributed by atoms with Crippen molar-refractivity contribution in [2.24, 2.45) is 5.10 Å². The van der Waals surface area contributed by atoms with Gasteiger partial charge >= 0.3 is 0 Å². The van der Waals surface area contributed by atoms with Crippen LogP contribution in [0.5, 0.6) is 0 Å². The Morgan fingerprint density at radius 3 is 2.44 bits per heavy atom. The number of nitrogens with one attached hydrogen (secondary N) is 2. The molecule has 0 saturated heterocycles. The van der Waals surface area contributed by atoms with Crippen molar-refractivity contribution in [3.63, 3.8) is 0 Å². The molecule has 0 spiro atoms. The molecule has 1 aliphatic carbocycles. The molecule has 4 rings (SSSR count). The number of hydrazone groups is 1. The molecule has 3 N–H and O–H groups in total. The highest BCUT2D eigenvalue weighted by molar-refractivity contribution is 5.85. The molecule has 7 nitrogen and oxygen atoms in total. The first-order chi connectivity index (χ1) is 18.6. The van der Waals surface area contributed by atoms with Crippen molar-refractivity contribution in [2.45, 2.75) is 56.7 Å². The summed E-state index contributed by atoms with van der Waals surface area (Å²) < 4.78 is 32.9. The van der Waals surface area contributed by atoms with Gasteiger partial charge in [0.15, 0.2) is 0 Å². The van der Waals surface area contributed by atoms with Crippen LogP contribution in [0.1, 0.15) is 43.7 Å². The normalized spacial score (nSPS) is 18.9. The summed E-state index contributed by atoms with van der Waals surface area (Å²) in [7, 11) is 3.81. The first-order valence-electron chi connectivity index (χ1n) is 13.2. The third-order valence-electron chi connectivity index (χ3n) is 7.17. The van der Waals surface area contributed by atoms with E-state index in [0.29, 0.717) is 5.56 Å². The van der Waals surface area contributed by atoms with Crippen molar-refractivity contribution in [2.75, 3.05) is 20.6 Å². The molecule has 0 radical (unpaired) electrons. The first kappa shape index (κ1) is 28.4. The molecule has 2 atom stereocenters. The molecule has 2 aromatic carbocycles. The van der Waals surface area contributed by atoms with Gasteiger partial charge in [-0.25, -0.2) is 8.78 Å². The summed E-state index contributed by atoms with van der Waals surface area (Å²) in [4.78, 5) is 11.9. The molecule has 1 fully saturated rings. The van der Waals surface area contributed by atoms with E-state index in [9.17, 15) is 18.7 Å². The van der Waals surface area contributed by atoms with Crippen LogP contribution < -0.4 is 10.6 Å². The van der Waals surface area contributed by atoms with Gasteiger partial charge in [0.05, 0.1) is 24.7 Å². The summed E-state index contributed by atoms with van der Waals surface area (Å²) in [5, 5.41) is 24.0. The summed E-state index contributed by atoms with van der Waals surface area (Å²) in [6, 6.07) is 12.7. The Labute approximate surface area is 227 Å². The van der Waals surface area contributed by atoms with Gasteiger partial charge in [-0.15, -0.1) is 0 Å². The maximum atomic E-state index is 13.8. The van der Waals surface area contributed by atoms with Gasteiger partial charge < -0.3 is 25.2 Å². The van der Waals surface area contributed by atoms with Crippen molar-refractivity contribution in [3.05, 3.63) is 83.8 Å². The van der Waals surface area contributed by atoms with Crippen molar-refractivity contribution in [1.82, 2.24) is 15.6 Å². The number of carbonyl (C=O) groups is 1. The van der Waals surface area contributed by atoms with Gasteiger partial charge in [-0.05, 0) is 73.1 Å². The van der Waals surface area contributed by atoms with Gasteiger partial charge in [-0.2, -0.15) is 5.10 Å². The number of rotatable bonds is 10. The Kier molecular flexibility index (Phi) is 9.14. The lowest BCUT2D eigenvalue weighted by atomic mass is 9.75. The lowest BCUT2D eigenvalue weighted by Gasteiger charge is -2.41. The Balaban J connectivity index is 1.57. The smallest absolute Gasteiger partial charge is 0.217 e. The molecule has 39 heavy (non-hydrogen) atoms. The average Bonchev–Trinajstić information content (AvgIpc) is 3.42. The zero-order chi connectivity index (χ0) is 28.0. The molecule has 3 aromatic rings. The van der Waals surface area contributed by atoms with Gasteiger partial charge in [0.2, 0.25) is 5.91 Å². The van der Waals surface area contributed by atoms with Crippen LogP contribution in [-0.4, -0.2) is 54.5 Å². The number of furan rings is 1. The molecule has 1 aliphatic rings. The van der Waals surface area contributed by atoms with Gasteiger partial charge in [-0.3, -0.25) is 4.79 Å². The third-order valence-corrected chi connectivity index (χ3v) is 7.17. The van der Waals surface area contributed by atoms with E-state index in [1.54, 1.807) is 12.5 Å². The monoisotopic (exact) mass is 538 g/mol. The van der Waals surface area contributed by atoms with E-state index < -0.39 is 29.3 Å². The minimum Gasteiger partial charge on any atom is -0.472 e. The molecule has 2 unspecified atom stereocenters. The Morgan fingerprint density at radius 2 is 1.82 bits per heavy atom. The number of aliphatic hydroxyl groups is 1. The van der Waals surface area contributed by atoms with Crippen molar-refractivity contribution in [1.29, 1.82) is 0 Å². The fourth-order valence-corrected chi connectivity index (χ4v) is 5.31. The maximum absolute atomic E-state index is 13.8. The zero-order valence-corrected chi connectivity index (χ0v) is 22.6. The molecular formula is C30H36F2N4O3. The number of nitrogens with zero attached hydrogens (tertiary/aromatic N) is 2. The average molecular weight is 539 g/mol. The van der Waals surface area contributed by atoms with Crippen LogP contribution in [-0.2, 0) is 16.8 Å². The van der Waals surface area contributed by atoms with E-state index in [1.165, 1.54) is 19.1 Å². The predicted molar refractivity (Wildman–Crippen MR) is 147 cm³/mol. The number of aliphatic hydroxyl groups excluding tert-OH is 1. The Hall–Kier alpha value is -3.56. The van der Waals surface area contributed by atoms with Crippen LogP contribution in [0, 0.1) is 11.6 Å². The van der Waals surface area contributed by atoms with E-state index in [0.717, 1.165) is 54.2 Å². The van der Waals surface area contributed by atoms with Gasteiger partial charge in [0.1, 0.15) is 11.6 Å². The second kappa shape index (κ2) is 12.5. The summed E-state index contributed by atoms with van der Waals surface area (Å²) in [5.74, 6) is -1.73. The van der Waals surface area contributed by atoms with Crippen molar-refractivity contribution in [3.8, 4) is 11.1 Å². The summed E-state index contributed by atoms with van der Waals surface area (Å²) in [6.07, 6.45) is 5.53. The van der Waals surface area contributed by atoms with Gasteiger partial charge in [0, 0.05) is 50.4 Å². The fraction of sp³-hybridized carbons (Fsp3) is 0.400. The first-order valence-corrected chi connectivity index (χ1v) is 13.2. The summed E-state index contributed by atoms with van der Waals surface area (Å²) in [6.45, 7) is 1.52. The number of halogens is 2. The Bertz CT molecular complexity index is 1260. The van der Waals surface area contributed by atoms with Crippen LogP contribution in [0.25, 0.3) is 11.1 Å². The summed E-state index contributed by atoms with van der Waals surface area (Å²) in [5.41, 5.74) is 4.12. The number of carbonyl (C=O) groups excluding carboxylic acids is 1. The van der Waals surface area contributed by atoms with Crippen LogP contribution in [0.4, 0.5) is 8.78 Å². The number of benzene rings is 2. The molecule has 208 valence electrons. The topological polar surface area (TPSA) is 90.1 Å². The lowest BCUT2D eigenvalue weighted by molar-refractivity contribution is -0.120. The van der Waals surface area contributed by atoms with E-state index in [2.05, 4.69) is 27.9 Å². The van der Waals surface area contributed by atoms with Crippen LogP contribution in [0.2, 0.25) is 0 Å². The highest BCUT2D eigenvalue weighted by Gasteiger charge is 2.37. The standard InChI is InChI=1S/C30H36F2N4O3/c1-20(37)34-28(15-21-13-25(31)17-26(32)14-21)29(38)18-33-30(10-7-27(8-11-30)35-36(2)3)24-6-4-5-22(16-24)23-9-12-39-19-23/h4-6,9,12-14,16-17,19,28-29,33,38H,7-8,10-11,15,18H2,1-3H3,(H,34,37). The number of hydrogen-bond acceptors (Lipinski definition) is 6. The molecular weight excluding hydrogens is 502 g/mol. The van der Waals surface area contributed by atoms with Crippen molar-refractivity contribution >= 4 is 11.6 Å². The SMILES string of the molecule is CC(=O)NC(Cc1cc(F)cc(F)c1)C(O)CNC1(c2cccc(-c3ccoc3)c2)CCC(=NN(C)C)CC1. The molecule has 1 amide bonds. The van der Waals surface area contributed by atoms with Crippen LogP contribution in [0.15, 0.2) is 70.6 Å². The van der Waals surface area contributed by atoms with E-state index in [4.69, 9.17) is 4.42 Å². The lowest BCUT2D eigenvalue weighted by Crippen LogP contribution is -2.53. The third kappa shape index (κ3) is 7.52. The summed E-state index contributed by atoms with van der Waals surface area (Å²) >= 11 is 0. The van der Waals surface area contributed by atoms with E-state index >= 15 is 0 Å². The molecule has 0 bridgehead atoms.